The molecule has 1 aromatic carbocycles. The number of fused-ring (bicyclic) bond motifs is 1. The second kappa shape index (κ2) is 5.85. The minimum Gasteiger partial charge on any atom is -0.497 e. The number of nitrogens with one attached hydrogen (secondary N) is 1. The Morgan fingerprint density at radius 1 is 1.12 bits per heavy atom. The minimum atomic E-state index is 0.813. The molecule has 24 heavy (non-hydrogen) atoms. The molecule has 1 aliphatic heterocycles. The lowest BCUT2D eigenvalue weighted by atomic mass is 10.1. The molecule has 4 rings (SSSR count). The van der Waals surface area contributed by atoms with Crippen molar-refractivity contribution in [3.63, 3.8) is 0 Å². The highest BCUT2D eigenvalue weighted by atomic mass is 16.5. The number of ether oxygens (including phenoxy) is 1. The van der Waals surface area contributed by atoms with Gasteiger partial charge >= 0.3 is 0 Å². The zero-order chi connectivity index (χ0) is 16.5. The zero-order valence-corrected chi connectivity index (χ0v) is 13.7. The van der Waals surface area contributed by atoms with Gasteiger partial charge in [-0.1, -0.05) is 6.07 Å². The number of nitrogens with zero attached hydrogens (tertiary/aromatic N) is 3. The van der Waals surface area contributed by atoms with Gasteiger partial charge in [-0.15, -0.1) is 0 Å². The number of benzene rings is 1. The van der Waals surface area contributed by atoms with Crippen LogP contribution >= 0.6 is 0 Å². The third kappa shape index (κ3) is 2.44. The molecule has 0 saturated heterocycles. The largest absolute Gasteiger partial charge is 0.497 e. The van der Waals surface area contributed by atoms with Crippen molar-refractivity contribution in [3.8, 4) is 5.75 Å². The van der Waals surface area contributed by atoms with Crippen LogP contribution in [0.25, 0.3) is 11.2 Å². The molecule has 3 heterocycles. The lowest BCUT2D eigenvalue weighted by molar-refractivity contribution is 0.415. The summed E-state index contributed by atoms with van der Waals surface area (Å²) in [5.41, 5.74) is 5.04. The van der Waals surface area contributed by atoms with E-state index < -0.39 is 0 Å². The van der Waals surface area contributed by atoms with Crippen molar-refractivity contribution < 1.29 is 4.74 Å². The summed E-state index contributed by atoms with van der Waals surface area (Å²) < 4.78 is 7.29. The number of allylic oxidation sites excluding steroid dienone is 2. The number of hydrogen-bond acceptors (Lipinski definition) is 4. The van der Waals surface area contributed by atoms with Gasteiger partial charge < -0.3 is 10.1 Å². The quantitative estimate of drug-likeness (QED) is 0.780. The first-order chi connectivity index (χ1) is 11.8. The molecular weight excluding hydrogens is 300 g/mol. The fourth-order valence-electron chi connectivity index (χ4n) is 2.90. The van der Waals surface area contributed by atoms with Gasteiger partial charge in [0.25, 0.3) is 0 Å². The van der Waals surface area contributed by atoms with E-state index in [1.54, 1.807) is 7.11 Å². The van der Waals surface area contributed by atoms with Gasteiger partial charge in [0, 0.05) is 35.8 Å². The van der Waals surface area contributed by atoms with Crippen LogP contribution in [0.15, 0.2) is 59.4 Å². The maximum atomic E-state index is 5.22. The van der Waals surface area contributed by atoms with Crippen LogP contribution in [0.3, 0.4) is 0 Å². The predicted molar refractivity (Wildman–Crippen MR) is 97.2 cm³/mol. The van der Waals surface area contributed by atoms with E-state index in [0.717, 1.165) is 46.3 Å². The van der Waals surface area contributed by atoms with Crippen LogP contribution in [0, 0.1) is 0 Å². The molecule has 5 heteroatoms. The van der Waals surface area contributed by atoms with Crippen molar-refractivity contribution in [1.82, 2.24) is 9.38 Å². The van der Waals surface area contributed by atoms with Crippen LogP contribution in [0.5, 0.6) is 5.75 Å². The number of imidazole rings is 1. The molecular formula is C19H18N4O. The van der Waals surface area contributed by atoms with Gasteiger partial charge in [-0.2, -0.15) is 0 Å². The Labute approximate surface area is 140 Å². The maximum Gasteiger partial charge on any atom is 0.143 e. The van der Waals surface area contributed by atoms with E-state index in [0.29, 0.717) is 0 Å². The molecule has 0 saturated carbocycles. The van der Waals surface area contributed by atoms with E-state index in [-0.39, 0.29) is 0 Å². The first kappa shape index (κ1) is 14.5. The van der Waals surface area contributed by atoms with Gasteiger partial charge in [0.1, 0.15) is 22.9 Å². The van der Waals surface area contributed by atoms with Gasteiger partial charge in [0.15, 0.2) is 0 Å². The monoisotopic (exact) mass is 318 g/mol. The Morgan fingerprint density at radius 3 is 2.67 bits per heavy atom. The Morgan fingerprint density at radius 2 is 1.96 bits per heavy atom. The third-order valence-electron chi connectivity index (χ3n) is 4.19. The molecule has 1 N–H and O–H groups in total. The Balaban J connectivity index is 1.81. The molecule has 0 fully saturated rings. The fourth-order valence-corrected chi connectivity index (χ4v) is 2.90. The summed E-state index contributed by atoms with van der Waals surface area (Å²) in [6.07, 6.45) is 4.77. The lowest BCUT2D eigenvalue weighted by Gasteiger charge is -2.10. The van der Waals surface area contributed by atoms with Crippen LogP contribution < -0.4 is 10.1 Å². The summed E-state index contributed by atoms with van der Waals surface area (Å²) >= 11 is 0. The van der Waals surface area contributed by atoms with Gasteiger partial charge in [-0.3, -0.25) is 9.39 Å². The molecule has 120 valence electrons. The molecule has 2 aromatic heterocycles. The summed E-state index contributed by atoms with van der Waals surface area (Å²) in [5.74, 6) is 1.79. The van der Waals surface area contributed by atoms with Crippen molar-refractivity contribution in [1.29, 1.82) is 0 Å². The van der Waals surface area contributed by atoms with Crippen molar-refractivity contribution in [3.05, 3.63) is 60.1 Å². The number of rotatable bonds is 4. The number of pyridine rings is 1. The molecule has 3 aromatic rings. The van der Waals surface area contributed by atoms with E-state index in [1.807, 2.05) is 61.8 Å². The molecule has 0 radical (unpaired) electrons. The van der Waals surface area contributed by atoms with Crippen LogP contribution in [-0.2, 0) is 0 Å². The highest BCUT2D eigenvalue weighted by Gasteiger charge is 2.19. The van der Waals surface area contributed by atoms with Crippen molar-refractivity contribution in [2.24, 2.45) is 4.99 Å². The highest BCUT2D eigenvalue weighted by molar-refractivity contribution is 5.90. The predicted octanol–water partition coefficient (Wildman–Crippen LogP) is 4.29. The average Bonchev–Trinajstić information content (AvgIpc) is 3.19. The summed E-state index contributed by atoms with van der Waals surface area (Å²) in [4.78, 5) is 9.21. The first-order valence-electron chi connectivity index (χ1n) is 7.87. The second-order valence-electron chi connectivity index (χ2n) is 5.67. The fraction of sp³-hybridized carbons (Fsp3) is 0.158. The Kier molecular flexibility index (Phi) is 3.54. The van der Waals surface area contributed by atoms with E-state index in [4.69, 9.17) is 9.72 Å². The summed E-state index contributed by atoms with van der Waals surface area (Å²) in [5, 5.41) is 3.50. The van der Waals surface area contributed by atoms with Gasteiger partial charge in [0.2, 0.25) is 0 Å². The molecule has 1 aliphatic rings. The Hall–Kier alpha value is -3.08. The zero-order valence-electron chi connectivity index (χ0n) is 13.7. The summed E-state index contributed by atoms with van der Waals surface area (Å²) in [7, 11) is 1.67. The molecule has 0 amide bonds. The van der Waals surface area contributed by atoms with Crippen LogP contribution in [0.2, 0.25) is 0 Å². The van der Waals surface area contributed by atoms with Crippen LogP contribution in [0.1, 0.15) is 19.0 Å². The lowest BCUT2D eigenvalue weighted by Crippen LogP contribution is -1.98. The molecule has 5 nitrogen and oxygen atoms in total. The van der Waals surface area contributed by atoms with Crippen molar-refractivity contribution in [2.75, 3.05) is 12.4 Å². The Bertz CT molecular complexity index is 951. The van der Waals surface area contributed by atoms with Gasteiger partial charge in [0.05, 0.1) is 7.11 Å². The standard InChI is InChI=1S/C19H18N4O/c1-13-16(10-11-20-13)18-19(23-12-4-3-5-17(23)22-18)21-14-6-8-15(24-2)9-7-14/h3-9,11-12,21H,10H2,1-2H3. The third-order valence-corrected chi connectivity index (χ3v) is 4.19. The molecule has 0 spiro atoms. The number of anilines is 2. The SMILES string of the molecule is COc1ccc(Nc2c(C3=C(C)N=CC3)nc3ccccn23)cc1. The summed E-state index contributed by atoms with van der Waals surface area (Å²) in [6.45, 7) is 2.03. The van der Waals surface area contributed by atoms with Crippen molar-refractivity contribution >= 4 is 28.9 Å². The molecule has 0 atom stereocenters. The smallest absolute Gasteiger partial charge is 0.143 e. The number of methoxy groups -OCH3 is 1. The number of aliphatic imine (C=N–C) groups is 1. The number of aromatic nitrogens is 2. The van der Waals surface area contributed by atoms with E-state index in [9.17, 15) is 0 Å². The van der Waals surface area contributed by atoms with E-state index in [1.165, 1.54) is 0 Å². The highest BCUT2D eigenvalue weighted by Crippen LogP contribution is 2.33. The van der Waals surface area contributed by atoms with E-state index in [2.05, 4.69) is 14.7 Å². The topological polar surface area (TPSA) is 50.9 Å². The first-order valence-corrected chi connectivity index (χ1v) is 7.87. The minimum absolute atomic E-state index is 0.813. The molecule has 0 aliphatic carbocycles. The molecule has 0 unspecified atom stereocenters. The van der Waals surface area contributed by atoms with Gasteiger partial charge in [-0.25, -0.2) is 4.98 Å². The second-order valence-corrected chi connectivity index (χ2v) is 5.67. The average molecular weight is 318 g/mol. The number of hydrogen-bond donors (Lipinski definition) is 1. The maximum absolute atomic E-state index is 5.22. The van der Waals surface area contributed by atoms with Gasteiger partial charge in [-0.05, 0) is 43.3 Å². The van der Waals surface area contributed by atoms with E-state index >= 15 is 0 Å². The van der Waals surface area contributed by atoms with Crippen LogP contribution in [-0.4, -0.2) is 22.7 Å². The molecule has 0 bridgehead atoms. The summed E-state index contributed by atoms with van der Waals surface area (Å²) in [6, 6.07) is 13.9. The van der Waals surface area contributed by atoms with Crippen LogP contribution in [0.4, 0.5) is 11.5 Å². The van der Waals surface area contributed by atoms with Crippen molar-refractivity contribution in [2.45, 2.75) is 13.3 Å². The normalized spacial score (nSPS) is 13.8.